The van der Waals surface area contributed by atoms with Crippen LogP contribution in [0.1, 0.15) is 9.67 Å². The molecule has 0 saturated carbocycles. The van der Waals surface area contributed by atoms with Crippen molar-refractivity contribution in [2.45, 2.75) is 6.18 Å². The molecule has 2 aromatic rings. The largest absolute Gasteiger partial charge is 0.477 e. The first-order chi connectivity index (χ1) is 9.80. The number of aromatic carboxylic acids is 1. The van der Waals surface area contributed by atoms with Gasteiger partial charge in [-0.3, -0.25) is 4.79 Å². The third kappa shape index (κ3) is 3.19. The van der Waals surface area contributed by atoms with Crippen LogP contribution in [0, 0.1) is 0 Å². The Balaban J connectivity index is 2.49. The number of rotatable bonds is 3. The van der Waals surface area contributed by atoms with Crippen molar-refractivity contribution in [1.29, 1.82) is 0 Å². The molecule has 0 fully saturated rings. The summed E-state index contributed by atoms with van der Waals surface area (Å²) < 4.78 is 40.8. The van der Waals surface area contributed by atoms with Crippen LogP contribution in [-0.2, 0) is 4.79 Å². The van der Waals surface area contributed by atoms with Gasteiger partial charge in [0.1, 0.15) is 5.69 Å². The third-order valence-electron chi connectivity index (χ3n) is 2.43. The lowest BCUT2D eigenvalue weighted by Gasteiger charge is -2.09. The zero-order valence-corrected chi connectivity index (χ0v) is 11.0. The summed E-state index contributed by atoms with van der Waals surface area (Å²) in [6.07, 6.45) is -5.12. The van der Waals surface area contributed by atoms with E-state index in [0.717, 1.165) is 0 Å². The Bertz CT molecular complexity index is 683. The van der Waals surface area contributed by atoms with Crippen LogP contribution in [0.4, 0.5) is 18.9 Å². The van der Waals surface area contributed by atoms with Crippen LogP contribution in [0.15, 0.2) is 30.3 Å². The molecule has 0 atom stereocenters. The predicted octanol–water partition coefficient (Wildman–Crippen LogP) is 3.01. The Hall–Kier alpha value is -2.42. The summed E-state index contributed by atoms with van der Waals surface area (Å²) >= 11 is 0.500. The monoisotopic (exact) mass is 316 g/mol. The highest BCUT2D eigenvalue weighted by Crippen LogP contribution is 2.34. The molecule has 21 heavy (non-hydrogen) atoms. The zero-order valence-electron chi connectivity index (χ0n) is 10.1. The highest BCUT2D eigenvalue weighted by Gasteiger charge is 2.40. The quantitative estimate of drug-likeness (QED) is 0.912. The van der Waals surface area contributed by atoms with Gasteiger partial charge in [-0.05, 0) is 11.5 Å². The molecule has 1 amide bonds. The Morgan fingerprint density at radius 2 is 1.81 bits per heavy atom. The highest BCUT2D eigenvalue weighted by molar-refractivity contribution is 7.09. The molecule has 0 aliphatic heterocycles. The van der Waals surface area contributed by atoms with Crippen LogP contribution in [0.2, 0.25) is 0 Å². The van der Waals surface area contributed by atoms with Gasteiger partial charge in [-0.1, -0.05) is 30.3 Å². The average molecular weight is 316 g/mol. The molecular formula is C12H7F3N2O3S. The summed E-state index contributed by atoms with van der Waals surface area (Å²) in [5.41, 5.74) is -0.0738. The van der Waals surface area contributed by atoms with Crippen molar-refractivity contribution in [3.05, 3.63) is 35.2 Å². The van der Waals surface area contributed by atoms with Crippen LogP contribution in [0.5, 0.6) is 0 Å². The summed E-state index contributed by atoms with van der Waals surface area (Å²) in [6, 6.07) is 8.00. The molecule has 0 unspecified atom stereocenters. The molecule has 0 saturated heterocycles. The van der Waals surface area contributed by atoms with Crippen molar-refractivity contribution in [3.63, 3.8) is 0 Å². The average Bonchev–Trinajstić information content (AvgIpc) is 2.82. The Labute approximate surface area is 120 Å². The maximum atomic E-state index is 12.3. The number of nitrogens with one attached hydrogen (secondary N) is 1. The van der Waals surface area contributed by atoms with E-state index >= 15 is 0 Å². The van der Waals surface area contributed by atoms with E-state index in [-0.39, 0.29) is 5.69 Å². The molecule has 2 rings (SSSR count). The van der Waals surface area contributed by atoms with Gasteiger partial charge in [0.2, 0.25) is 0 Å². The van der Waals surface area contributed by atoms with E-state index < -0.39 is 28.6 Å². The smallest absolute Gasteiger partial charge is 0.471 e. The minimum absolute atomic E-state index is 0.0180. The molecule has 110 valence electrons. The maximum absolute atomic E-state index is 12.3. The summed E-state index contributed by atoms with van der Waals surface area (Å²) in [6.45, 7) is 0. The molecule has 0 radical (unpaired) electrons. The van der Waals surface area contributed by atoms with Crippen molar-refractivity contribution in [3.8, 4) is 11.3 Å². The number of alkyl halides is 3. The minimum atomic E-state index is -5.12. The fourth-order valence-corrected chi connectivity index (χ4v) is 2.23. The number of hydrogen-bond acceptors (Lipinski definition) is 4. The lowest BCUT2D eigenvalue weighted by Crippen LogP contribution is -2.30. The van der Waals surface area contributed by atoms with E-state index in [0.29, 0.717) is 17.1 Å². The highest BCUT2D eigenvalue weighted by atomic mass is 32.1. The molecular weight excluding hydrogens is 309 g/mol. The van der Waals surface area contributed by atoms with E-state index in [4.69, 9.17) is 5.11 Å². The Morgan fingerprint density at radius 3 is 2.33 bits per heavy atom. The number of amides is 1. The molecule has 0 aliphatic carbocycles. The number of carbonyl (C=O) groups is 2. The molecule has 1 aromatic heterocycles. The van der Waals surface area contributed by atoms with Gasteiger partial charge in [0, 0.05) is 5.56 Å². The van der Waals surface area contributed by atoms with Gasteiger partial charge >= 0.3 is 18.1 Å². The lowest BCUT2D eigenvalue weighted by atomic mass is 10.1. The molecule has 5 nitrogen and oxygen atoms in total. The standard InChI is InChI=1S/C12H7F3N2O3S/c13-12(14,15)11(20)16-8-7(6-4-2-1-3-5-6)17-21-9(8)10(18)19/h1-5H,(H,16,20)(H,18,19). The fourth-order valence-electron chi connectivity index (χ4n) is 1.53. The maximum Gasteiger partial charge on any atom is 0.471 e. The van der Waals surface area contributed by atoms with E-state index in [1.807, 2.05) is 0 Å². The first-order valence-electron chi connectivity index (χ1n) is 5.47. The number of aromatic nitrogens is 1. The SMILES string of the molecule is O=C(O)c1snc(-c2ccccc2)c1NC(=O)C(F)(F)F. The van der Waals surface area contributed by atoms with Crippen LogP contribution in [0.3, 0.4) is 0 Å². The van der Waals surface area contributed by atoms with Gasteiger partial charge < -0.3 is 10.4 Å². The van der Waals surface area contributed by atoms with Crippen LogP contribution < -0.4 is 5.32 Å². The number of halogens is 3. The molecule has 1 heterocycles. The van der Waals surface area contributed by atoms with Gasteiger partial charge in [-0.25, -0.2) is 4.79 Å². The summed E-state index contributed by atoms with van der Waals surface area (Å²) in [4.78, 5) is 21.6. The van der Waals surface area contributed by atoms with E-state index in [2.05, 4.69) is 4.37 Å². The first kappa shape index (κ1) is 15.0. The lowest BCUT2D eigenvalue weighted by molar-refractivity contribution is -0.167. The number of carboxylic acids is 1. The summed E-state index contributed by atoms with van der Waals surface area (Å²) in [7, 11) is 0. The van der Waals surface area contributed by atoms with Crippen molar-refractivity contribution in [2.24, 2.45) is 0 Å². The topological polar surface area (TPSA) is 79.3 Å². The van der Waals surface area contributed by atoms with Crippen molar-refractivity contribution >= 4 is 29.1 Å². The predicted molar refractivity (Wildman–Crippen MR) is 69.2 cm³/mol. The first-order valence-corrected chi connectivity index (χ1v) is 6.24. The molecule has 0 aliphatic rings. The number of carboxylic acid groups (broad SMARTS) is 1. The van der Waals surface area contributed by atoms with Crippen LogP contribution in [-0.4, -0.2) is 27.5 Å². The van der Waals surface area contributed by atoms with Gasteiger partial charge in [-0.2, -0.15) is 17.5 Å². The third-order valence-corrected chi connectivity index (χ3v) is 3.26. The van der Waals surface area contributed by atoms with E-state index in [9.17, 15) is 22.8 Å². The Morgan fingerprint density at radius 1 is 1.19 bits per heavy atom. The van der Waals surface area contributed by atoms with Crippen molar-refractivity contribution in [1.82, 2.24) is 4.37 Å². The molecule has 0 spiro atoms. The molecule has 2 N–H and O–H groups in total. The second-order valence-electron chi connectivity index (χ2n) is 3.86. The van der Waals surface area contributed by atoms with E-state index in [1.54, 1.807) is 35.6 Å². The van der Waals surface area contributed by atoms with Crippen LogP contribution >= 0.6 is 11.5 Å². The zero-order chi connectivity index (χ0) is 15.6. The molecule has 1 aromatic carbocycles. The van der Waals surface area contributed by atoms with Gasteiger partial charge in [0.25, 0.3) is 0 Å². The Kier molecular flexibility index (Phi) is 3.94. The molecule has 9 heteroatoms. The number of carbonyl (C=O) groups excluding carboxylic acids is 1. The number of nitrogens with zero attached hydrogens (tertiary/aromatic N) is 1. The second-order valence-corrected chi connectivity index (χ2v) is 4.63. The van der Waals surface area contributed by atoms with Gasteiger partial charge in [0.15, 0.2) is 4.88 Å². The minimum Gasteiger partial charge on any atom is -0.477 e. The summed E-state index contributed by atoms with van der Waals surface area (Å²) in [5, 5.41) is 10.6. The normalized spacial score (nSPS) is 11.2. The second kappa shape index (κ2) is 5.52. The van der Waals surface area contributed by atoms with Gasteiger partial charge in [0.05, 0.1) is 5.69 Å². The van der Waals surface area contributed by atoms with E-state index in [1.165, 1.54) is 0 Å². The van der Waals surface area contributed by atoms with Crippen molar-refractivity contribution in [2.75, 3.05) is 5.32 Å². The molecule has 0 bridgehead atoms. The number of anilines is 1. The number of benzene rings is 1. The fraction of sp³-hybridized carbons (Fsp3) is 0.0833. The van der Waals surface area contributed by atoms with Crippen LogP contribution in [0.25, 0.3) is 11.3 Å². The number of hydrogen-bond donors (Lipinski definition) is 2. The van der Waals surface area contributed by atoms with Gasteiger partial charge in [-0.15, -0.1) is 0 Å². The summed E-state index contributed by atoms with van der Waals surface area (Å²) in [5.74, 6) is -3.71. The van der Waals surface area contributed by atoms with Crippen molar-refractivity contribution < 1.29 is 27.9 Å².